The number of aromatic nitrogens is 1. The molecule has 0 amide bonds. The van der Waals surface area contributed by atoms with Crippen LogP contribution in [0, 0.1) is 5.92 Å². The predicted molar refractivity (Wildman–Crippen MR) is 117 cm³/mol. The van der Waals surface area contributed by atoms with Crippen molar-refractivity contribution in [3.8, 4) is 11.3 Å². The lowest BCUT2D eigenvalue weighted by Gasteiger charge is -2.23. The van der Waals surface area contributed by atoms with Crippen molar-refractivity contribution in [3.63, 3.8) is 0 Å². The van der Waals surface area contributed by atoms with Gasteiger partial charge in [0.25, 0.3) is 0 Å². The zero-order valence-electron chi connectivity index (χ0n) is 16.0. The van der Waals surface area contributed by atoms with E-state index in [1.807, 2.05) is 6.07 Å². The van der Waals surface area contributed by atoms with Crippen LogP contribution in [0.25, 0.3) is 11.3 Å². The van der Waals surface area contributed by atoms with E-state index in [0.29, 0.717) is 5.92 Å². The number of benzene rings is 2. The van der Waals surface area contributed by atoms with Gasteiger partial charge in [-0.05, 0) is 36.5 Å². The second kappa shape index (κ2) is 9.29. The van der Waals surface area contributed by atoms with E-state index in [4.69, 9.17) is 4.98 Å². The molecule has 2 unspecified atom stereocenters. The van der Waals surface area contributed by atoms with E-state index in [0.717, 1.165) is 36.3 Å². The fourth-order valence-corrected chi connectivity index (χ4v) is 3.67. The third kappa shape index (κ3) is 4.85. The summed E-state index contributed by atoms with van der Waals surface area (Å²) in [6, 6.07) is 27.6. The van der Waals surface area contributed by atoms with Crippen LogP contribution in [0.3, 0.4) is 0 Å². The van der Waals surface area contributed by atoms with Gasteiger partial charge in [0.05, 0.1) is 17.4 Å². The Bertz CT molecular complexity index is 929. The summed E-state index contributed by atoms with van der Waals surface area (Å²) < 4.78 is 0. The van der Waals surface area contributed by atoms with Gasteiger partial charge in [-0.2, -0.15) is 0 Å². The molecule has 0 radical (unpaired) electrons. The highest BCUT2D eigenvalue weighted by Crippen LogP contribution is 2.27. The van der Waals surface area contributed by atoms with Crippen molar-refractivity contribution in [2.45, 2.75) is 25.4 Å². The van der Waals surface area contributed by atoms with Crippen LogP contribution >= 0.6 is 0 Å². The highest BCUT2D eigenvalue weighted by atomic mass is 14.9. The summed E-state index contributed by atoms with van der Waals surface area (Å²) in [4.78, 5) is 5.02. The van der Waals surface area contributed by atoms with Crippen LogP contribution in [0.15, 0.2) is 103 Å². The van der Waals surface area contributed by atoms with Crippen molar-refractivity contribution < 1.29 is 0 Å². The summed E-state index contributed by atoms with van der Waals surface area (Å²) in [5.41, 5.74) is 4.60. The van der Waals surface area contributed by atoms with Crippen LogP contribution in [0.5, 0.6) is 0 Å². The molecule has 1 aliphatic rings. The Morgan fingerprint density at radius 1 is 0.857 bits per heavy atom. The first kappa shape index (κ1) is 18.4. The highest BCUT2D eigenvalue weighted by Gasteiger charge is 2.18. The van der Waals surface area contributed by atoms with Gasteiger partial charge in [-0.1, -0.05) is 91.0 Å². The lowest BCUT2D eigenvalue weighted by atomic mass is 9.91. The number of hydrogen-bond acceptors (Lipinski definition) is 2. The molecule has 0 spiro atoms. The second-order valence-corrected chi connectivity index (χ2v) is 7.28. The normalized spacial score (nSPS) is 16.8. The molecule has 1 heterocycles. The lowest BCUT2D eigenvalue weighted by molar-refractivity contribution is 0.427. The molecule has 28 heavy (non-hydrogen) atoms. The molecule has 0 aliphatic heterocycles. The van der Waals surface area contributed by atoms with E-state index in [1.54, 1.807) is 0 Å². The first-order valence-corrected chi connectivity index (χ1v) is 10.0. The summed E-state index contributed by atoms with van der Waals surface area (Å²) in [5, 5.41) is 3.76. The van der Waals surface area contributed by atoms with Gasteiger partial charge in [-0.3, -0.25) is 4.98 Å². The van der Waals surface area contributed by atoms with Gasteiger partial charge in [0.1, 0.15) is 0 Å². The maximum absolute atomic E-state index is 5.02. The Morgan fingerprint density at radius 3 is 2.39 bits per heavy atom. The number of rotatable bonds is 7. The van der Waals surface area contributed by atoms with Gasteiger partial charge in [-0.25, -0.2) is 0 Å². The Labute approximate surface area is 167 Å². The van der Waals surface area contributed by atoms with Gasteiger partial charge in [0, 0.05) is 12.1 Å². The molecule has 2 nitrogen and oxygen atoms in total. The van der Waals surface area contributed by atoms with Gasteiger partial charge in [0.15, 0.2) is 0 Å². The molecule has 140 valence electrons. The zero-order valence-corrected chi connectivity index (χ0v) is 16.0. The topological polar surface area (TPSA) is 24.9 Å². The van der Waals surface area contributed by atoms with Crippen molar-refractivity contribution in [3.05, 3.63) is 114 Å². The summed E-state index contributed by atoms with van der Waals surface area (Å²) in [7, 11) is 0. The number of pyridine rings is 1. The number of nitrogens with zero attached hydrogens (tertiary/aromatic N) is 1. The van der Waals surface area contributed by atoms with Crippen LogP contribution in [0.1, 0.15) is 30.1 Å². The fourth-order valence-electron chi connectivity index (χ4n) is 3.67. The van der Waals surface area contributed by atoms with E-state index in [2.05, 4.69) is 102 Å². The molecule has 2 aromatic carbocycles. The Morgan fingerprint density at radius 2 is 1.64 bits per heavy atom. The molecule has 0 saturated heterocycles. The molecular formula is C26H26N2. The minimum Gasteiger partial charge on any atom is -0.304 e. The van der Waals surface area contributed by atoms with Crippen molar-refractivity contribution >= 4 is 0 Å². The molecule has 0 saturated carbocycles. The van der Waals surface area contributed by atoms with E-state index < -0.39 is 0 Å². The molecule has 2 heteroatoms. The third-order valence-corrected chi connectivity index (χ3v) is 5.20. The molecule has 4 rings (SSSR count). The second-order valence-electron chi connectivity index (χ2n) is 7.28. The van der Waals surface area contributed by atoms with E-state index in [-0.39, 0.29) is 6.04 Å². The first-order valence-electron chi connectivity index (χ1n) is 10.0. The van der Waals surface area contributed by atoms with Crippen molar-refractivity contribution in [1.29, 1.82) is 0 Å². The van der Waals surface area contributed by atoms with Crippen LogP contribution in [-0.4, -0.2) is 4.98 Å². The Balaban J connectivity index is 1.57. The van der Waals surface area contributed by atoms with Crippen LogP contribution in [0.2, 0.25) is 0 Å². The summed E-state index contributed by atoms with van der Waals surface area (Å²) in [5.74, 6) is 0.542. The molecule has 0 fully saturated rings. The Kier molecular flexibility index (Phi) is 6.11. The zero-order chi connectivity index (χ0) is 19.0. The maximum Gasteiger partial charge on any atom is 0.0706 e. The van der Waals surface area contributed by atoms with Gasteiger partial charge in [0.2, 0.25) is 0 Å². The summed E-state index contributed by atoms with van der Waals surface area (Å²) in [6.45, 7) is 0.842. The van der Waals surface area contributed by atoms with Gasteiger partial charge < -0.3 is 5.32 Å². The van der Waals surface area contributed by atoms with E-state index >= 15 is 0 Å². The fraction of sp³-hybridized carbons (Fsp3) is 0.192. The standard InChI is InChI=1S/C26H26N2/c1-4-11-21(12-5-1)19-26(27-20-22-13-6-2-7-14-22)25-18-10-17-24(28-25)23-15-8-3-9-16-23/h1-11,13-18,21,26-27H,12,19-20H2. The lowest BCUT2D eigenvalue weighted by Crippen LogP contribution is -2.24. The van der Waals surface area contributed by atoms with Crippen molar-refractivity contribution in [2.24, 2.45) is 5.92 Å². The monoisotopic (exact) mass is 366 g/mol. The average molecular weight is 367 g/mol. The largest absolute Gasteiger partial charge is 0.304 e. The number of allylic oxidation sites excluding steroid dienone is 4. The number of hydrogen-bond donors (Lipinski definition) is 1. The molecule has 3 aromatic rings. The molecule has 2 atom stereocenters. The van der Waals surface area contributed by atoms with Gasteiger partial charge >= 0.3 is 0 Å². The first-order chi connectivity index (χ1) is 13.9. The highest BCUT2D eigenvalue weighted by molar-refractivity contribution is 5.58. The SMILES string of the molecule is C1=CCC(CC(NCc2ccccc2)c2cccc(-c3ccccc3)n2)C=C1. The third-order valence-electron chi connectivity index (χ3n) is 5.20. The maximum atomic E-state index is 5.02. The van der Waals surface area contributed by atoms with Gasteiger partial charge in [-0.15, -0.1) is 0 Å². The predicted octanol–water partition coefficient (Wildman–Crippen LogP) is 6.10. The molecule has 1 aliphatic carbocycles. The van der Waals surface area contributed by atoms with E-state index in [9.17, 15) is 0 Å². The molecule has 0 bridgehead atoms. The van der Waals surface area contributed by atoms with Crippen LogP contribution in [0.4, 0.5) is 0 Å². The quantitative estimate of drug-likeness (QED) is 0.546. The minimum atomic E-state index is 0.213. The van der Waals surface area contributed by atoms with Crippen LogP contribution < -0.4 is 5.32 Å². The summed E-state index contributed by atoms with van der Waals surface area (Å²) in [6.07, 6.45) is 11.0. The minimum absolute atomic E-state index is 0.213. The number of nitrogens with one attached hydrogen (secondary N) is 1. The average Bonchev–Trinajstić information content (AvgIpc) is 2.79. The molecule has 1 aromatic heterocycles. The smallest absolute Gasteiger partial charge is 0.0706 e. The van der Waals surface area contributed by atoms with Crippen LogP contribution in [-0.2, 0) is 6.54 Å². The summed E-state index contributed by atoms with van der Waals surface area (Å²) >= 11 is 0. The van der Waals surface area contributed by atoms with Crippen molar-refractivity contribution in [1.82, 2.24) is 10.3 Å². The van der Waals surface area contributed by atoms with Crippen molar-refractivity contribution in [2.75, 3.05) is 0 Å². The molecular weight excluding hydrogens is 340 g/mol. The van der Waals surface area contributed by atoms with E-state index in [1.165, 1.54) is 5.56 Å². The Hall–Kier alpha value is -2.97. The molecule has 1 N–H and O–H groups in total.